The molecule has 1 saturated heterocycles. The van der Waals surface area contributed by atoms with E-state index in [9.17, 15) is 0 Å². The smallest absolute Gasteiger partial charge is 0.114 e. The van der Waals surface area contributed by atoms with Crippen molar-refractivity contribution in [3.63, 3.8) is 0 Å². The molecule has 1 aliphatic heterocycles. The van der Waals surface area contributed by atoms with Crippen molar-refractivity contribution in [2.24, 2.45) is 7.05 Å². The van der Waals surface area contributed by atoms with E-state index in [1.807, 2.05) is 0 Å². The normalized spacial score (nSPS) is 20.5. The van der Waals surface area contributed by atoms with Crippen LogP contribution in [-0.2, 0) is 7.05 Å². The van der Waals surface area contributed by atoms with Crippen molar-refractivity contribution in [3.05, 3.63) is 28.0 Å². The molecule has 1 aromatic carbocycles. The minimum absolute atomic E-state index is 0.545. The Morgan fingerprint density at radius 3 is 3.00 bits per heavy atom. The standard InChI is InChI=1S/C14H18BrN3/c1-9-6-11(15)13-12(7-9)18(2)14(17-13)10-4-3-5-16-8-10/h6-7,10,16H,3-5,8H2,1-2H3. The van der Waals surface area contributed by atoms with Crippen molar-refractivity contribution < 1.29 is 0 Å². The molecule has 0 bridgehead atoms. The zero-order chi connectivity index (χ0) is 12.7. The van der Waals surface area contributed by atoms with Crippen LogP contribution in [0, 0.1) is 6.92 Å². The molecule has 4 heteroatoms. The van der Waals surface area contributed by atoms with Gasteiger partial charge in [0.05, 0.1) is 5.52 Å². The van der Waals surface area contributed by atoms with Crippen LogP contribution in [0.3, 0.4) is 0 Å². The molecular formula is C14H18BrN3. The Hall–Kier alpha value is -0.870. The molecule has 18 heavy (non-hydrogen) atoms. The first-order valence-electron chi connectivity index (χ1n) is 6.50. The molecule has 1 unspecified atom stereocenters. The first-order chi connectivity index (χ1) is 8.66. The molecule has 3 nitrogen and oxygen atoms in total. The predicted octanol–water partition coefficient (Wildman–Crippen LogP) is 3.11. The number of fused-ring (bicyclic) bond motifs is 1. The summed E-state index contributed by atoms with van der Waals surface area (Å²) in [5, 5.41) is 3.47. The van der Waals surface area contributed by atoms with E-state index in [0.717, 1.165) is 23.1 Å². The van der Waals surface area contributed by atoms with Gasteiger partial charge in [-0.3, -0.25) is 0 Å². The molecule has 0 amide bonds. The van der Waals surface area contributed by atoms with Crippen LogP contribution in [0.5, 0.6) is 0 Å². The summed E-state index contributed by atoms with van der Waals surface area (Å²) in [5.74, 6) is 1.76. The van der Waals surface area contributed by atoms with Crippen LogP contribution < -0.4 is 5.32 Å². The van der Waals surface area contributed by atoms with E-state index in [1.54, 1.807) is 0 Å². The molecule has 1 aromatic heterocycles. The second kappa shape index (κ2) is 4.67. The molecule has 3 rings (SSSR count). The van der Waals surface area contributed by atoms with E-state index in [0.29, 0.717) is 5.92 Å². The molecule has 1 aliphatic rings. The van der Waals surface area contributed by atoms with Crippen molar-refractivity contribution in [2.75, 3.05) is 13.1 Å². The van der Waals surface area contributed by atoms with Gasteiger partial charge in [-0.05, 0) is 59.9 Å². The summed E-state index contributed by atoms with van der Waals surface area (Å²) < 4.78 is 3.35. The zero-order valence-electron chi connectivity index (χ0n) is 10.8. The summed E-state index contributed by atoms with van der Waals surface area (Å²) in [5.41, 5.74) is 3.58. The minimum Gasteiger partial charge on any atom is -0.331 e. The maximum absolute atomic E-state index is 4.85. The third kappa shape index (κ3) is 1.97. The molecular weight excluding hydrogens is 290 g/mol. The van der Waals surface area contributed by atoms with Crippen molar-refractivity contribution in [1.82, 2.24) is 14.9 Å². The Labute approximate surface area is 116 Å². The van der Waals surface area contributed by atoms with Crippen LogP contribution >= 0.6 is 15.9 Å². The number of hydrogen-bond acceptors (Lipinski definition) is 2. The van der Waals surface area contributed by atoms with E-state index >= 15 is 0 Å². The van der Waals surface area contributed by atoms with Crippen molar-refractivity contribution >= 4 is 27.0 Å². The Kier molecular flexibility index (Phi) is 3.16. The fourth-order valence-corrected chi connectivity index (χ4v) is 3.49. The number of imidazole rings is 1. The van der Waals surface area contributed by atoms with Gasteiger partial charge in [0, 0.05) is 24.0 Å². The minimum atomic E-state index is 0.545. The van der Waals surface area contributed by atoms with Gasteiger partial charge in [-0.2, -0.15) is 0 Å². The van der Waals surface area contributed by atoms with Crippen LogP contribution in [0.2, 0.25) is 0 Å². The molecule has 96 valence electrons. The quantitative estimate of drug-likeness (QED) is 0.877. The monoisotopic (exact) mass is 307 g/mol. The highest BCUT2D eigenvalue weighted by molar-refractivity contribution is 9.10. The lowest BCUT2D eigenvalue weighted by molar-refractivity contribution is 0.440. The largest absolute Gasteiger partial charge is 0.331 e. The number of aromatic nitrogens is 2. The second-order valence-corrected chi connectivity index (χ2v) is 6.04. The summed E-state index contributed by atoms with van der Waals surface area (Å²) in [7, 11) is 2.13. The topological polar surface area (TPSA) is 29.9 Å². The average Bonchev–Trinajstić information content (AvgIpc) is 2.69. The predicted molar refractivity (Wildman–Crippen MR) is 78.0 cm³/mol. The number of hydrogen-bond donors (Lipinski definition) is 1. The number of aryl methyl sites for hydroxylation is 2. The maximum Gasteiger partial charge on any atom is 0.114 e. The van der Waals surface area contributed by atoms with Gasteiger partial charge < -0.3 is 9.88 Å². The molecule has 1 fully saturated rings. The van der Waals surface area contributed by atoms with Gasteiger partial charge in [-0.25, -0.2) is 4.98 Å². The highest BCUT2D eigenvalue weighted by atomic mass is 79.9. The summed E-state index contributed by atoms with van der Waals surface area (Å²) in [6.07, 6.45) is 2.48. The van der Waals surface area contributed by atoms with Gasteiger partial charge in [0.2, 0.25) is 0 Å². The maximum atomic E-state index is 4.85. The van der Waals surface area contributed by atoms with E-state index in [-0.39, 0.29) is 0 Å². The van der Waals surface area contributed by atoms with Crippen molar-refractivity contribution in [3.8, 4) is 0 Å². The van der Waals surface area contributed by atoms with Crippen LogP contribution in [0.4, 0.5) is 0 Å². The molecule has 0 saturated carbocycles. The molecule has 1 atom stereocenters. The highest BCUT2D eigenvalue weighted by Gasteiger charge is 2.21. The number of halogens is 1. The molecule has 0 radical (unpaired) electrons. The number of piperidine rings is 1. The third-order valence-corrected chi connectivity index (χ3v) is 4.39. The van der Waals surface area contributed by atoms with Crippen LogP contribution in [0.25, 0.3) is 11.0 Å². The third-order valence-electron chi connectivity index (χ3n) is 3.78. The Morgan fingerprint density at radius 1 is 1.44 bits per heavy atom. The Bertz CT molecular complexity index is 582. The van der Waals surface area contributed by atoms with Gasteiger partial charge in [0.25, 0.3) is 0 Å². The van der Waals surface area contributed by atoms with Gasteiger partial charge >= 0.3 is 0 Å². The van der Waals surface area contributed by atoms with Gasteiger partial charge in [0.15, 0.2) is 0 Å². The second-order valence-electron chi connectivity index (χ2n) is 5.19. The van der Waals surface area contributed by atoms with Gasteiger partial charge in [-0.15, -0.1) is 0 Å². The summed E-state index contributed by atoms with van der Waals surface area (Å²) in [6, 6.07) is 4.35. The van der Waals surface area contributed by atoms with Gasteiger partial charge in [0.1, 0.15) is 11.3 Å². The fraction of sp³-hybridized carbons (Fsp3) is 0.500. The summed E-state index contributed by atoms with van der Waals surface area (Å²) in [4.78, 5) is 4.85. The molecule has 0 aliphatic carbocycles. The Balaban J connectivity index is 2.13. The first-order valence-corrected chi connectivity index (χ1v) is 7.29. The highest BCUT2D eigenvalue weighted by Crippen LogP contribution is 2.30. The number of nitrogens with one attached hydrogen (secondary N) is 1. The lowest BCUT2D eigenvalue weighted by atomic mass is 9.99. The van der Waals surface area contributed by atoms with E-state index in [2.05, 4.69) is 51.9 Å². The van der Waals surface area contributed by atoms with E-state index in [4.69, 9.17) is 4.98 Å². The Morgan fingerprint density at radius 2 is 2.28 bits per heavy atom. The first kappa shape index (κ1) is 12.2. The lowest BCUT2D eigenvalue weighted by Gasteiger charge is -2.22. The average molecular weight is 308 g/mol. The molecule has 2 heterocycles. The molecule has 0 spiro atoms. The number of nitrogens with zero attached hydrogens (tertiary/aromatic N) is 2. The lowest BCUT2D eigenvalue weighted by Crippen LogP contribution is -2.29. The van der Waals surface area contributed by atoms with E-state index < -0.39 is 0 Å². The number of benzene rings is 1. The molecule has 1 N–H and O–H groups in total. The summed E-state index contributed by atoms with van der Waals surface area (Å²) in [6.45, 7) is 4.32. The van der Waals surface area contributed by atoms with Crippen molar-refractivity contribution in [2.45, 2.75) is 25.7 Å². The van der Waals surface area contributed by atoms with Crippen LogP contribution in [-0.4, -0.2) is 22.6 Å². The van der Waals surface area contributed by atoms with Crippen LogP contribution in [0.15, 0.2) is 16.6 Å². The summed E-state index contributed by atoms with van der Waals surface area (Å²) >= 11 is 3.63. The van der Waals surface area contributed by atoms with E-state index in [1.165, 1.54) is 29.7 Å². The van der Waals surface area contributed by atoms with Gasteiger partial charge in [-0.1, -0.05) is 0 Å². The van der Waals surface area contributed by atoms with Crippen LogP contribution in [0.1, 0.15) is 30.1 Å². The van der Waals surface area contributed by atoms with Crippen molar-refractivity contribution in [1.29, 1.82) is 0 Å². The SMILES string of the molecule is Cc1cc(Br)c2nc(C3CCCNC3)n(C)c2c1. The zero-order valence-corrected chi connectivity index (χ0v) is 12.4. The fourth-order valence-electron chi connectivity index (χ4n) is 2.83. The molecule has 2 aromatic rings. The number of rotatable bonds is 1.